The van der Waals surface area contributed by atoms with Gasteiger partial charge in [0.25, 0.3) is 0 Å². The molecule has 0 saturated carbocycles. The largest absolute Gasteiger partial charge is 0.399 e. The highest BCUT2D eigenvalue weighted by Crippen LogP contribution is 2.33. The third-order valence-electron chi connectivity index (χ3n) is 6.68. The zero-order valence-corrected chi connectivity index (χ0v) is 19.6. The molecule has 0 bridgehead atoms. The number of pyridine rings is 1. The van der Waals surface area contributed by atoms with Gasteiger partial charge in [0.15, 0.2) is 0 Å². The Hall–Kier alpha value is -3.93. The van der Waals surface area contributed by atoms with Crippen molar-refractivity contribution in [2.75, 3.05) is 18.8 Å². The van der Waals surface area contributed by atoms with E-state index >= 15 is 0 Å². The number of hydrogen-bond donors (Lipinski definition) is 2. The number of likely N-dealkylation sites (tertiary alicyclic amines) is 1. The lowest BCUT2D eigenvalue weighted by atomic mass is 9.89. The standard InChI is InChI=1S/C28H29N5O/c1-18-27-28(32-19(2)31-27)25(17-30-18)22-12-14-33(15-13-22)26(34)16-24(20-6-4-3-5-7-20)21-8-10-23(29)11-9-21/h3-11,16-17,22H,12-15,29H2,1-2H3,(H,31,32). The summed E-state index contributed by atoms with van der Waals surface area (Å²) in [5.41, 5.74) is 13.7. The van der Waals surface area contributed by atoms with Crippen LogP contribution in [0.4, 0.5) is 5.69 Å². The zero-order valence-electron chi connectivity index (χ0n) is 19.6. The normalized spacial score (nSPS) is 15.1. The number of nitrogens with zero attached hydrogens (tertiary/aromatic N) is 3. The number of aromatic nitrogens is 3. The second kappa shape index (κ2) is 9.14. The average molecular weight is 452 g/mol. The quantitative estimate of drug-likeness (QED) is 0.338. The van der Waals surface area contributed by atoms with E-state index in [0.29, 0.717) is 24.7 Å². The van der Waals surface area contributed by atoms with Crippen molar-refractivity contribution in [1.82, 2.24) is 19.9 Å². The van der Waals surface area contributed by atoms with E-state index < -0.39 is 0 Å². The molecule has 0 unspecified atom stereocenters. The van der Waals surface area contributed by atoms with Crippen LogP contribution < -0.4 is 5.73 Å². The highest BCUT2D eigenvalue weighted by atomic mass is 16.2. The zero-order chi connectivity index (χ0) is 23.7. The molecule has 2 aromatic heterocycles. The maximum absolute atomic E-state index is 13.3. The number of aromatic amines is 1. The molecule has 1 fully saturated rings. The van der Waals surface area contributed by atoms with Gasteiger partial charge < -0.3 is 15.6 Å². The number of H-pyrrole nitrogens is 1. The lowest BCUT2D eigenvalue weighted by molar-refractivity contribution is -0.127. The monoisotopic (exact) mass is 451 g/mol. The summed E-state index contributed by atoms with van der Waals surface area (Å²) in [5.74, 6) is 1.29. The minimum atomic E-state index is 0.0388. The Labute approximate surface area is 199 Å². The van der Waals surface area contributed by atoms with E-state index in [1.807, 2.05) is 79.5 Å². The third kappa shape index (κ3) is 4.31. The second-order valence-electron chi connectivity index (χ2n) is 8.99. The van der Waals surface area contributed by atoms with Crippen LogP contribution in [0, 0.1) is 13.8 Å². The fraction of sp³-hybridized carbons (Fsp3) is 0.250. The number of carbonyl (C=O) groups excluding carboxylic acids is 1. The summed E-state index contributed by atoms with van der Waals surface area (Å²) in [4.78, 5) is 27.9. The number of rotatable bonds is 4. The van der Waals surface area contributed by atoms with E-state index in [9.17, 15) is 4.79 Å². The highest BCUT2D eigenvalue weighted by Gasteiger charge is 2.26. The van der Waals surface area contributed by atoms with Gasteiger partial charge in [-0.3, -0.25) is 9.78 Å². The van der Waals surface area contributed by atoms with Crippen molar-refractivity contribution in [2.45, 2.75) is 32.6 Å². The minimum Gasteiger partial charge on any atom is -0.399 e. The van der Waals surface area contributed by atoms with Crippen molar-refractivity contribution in [3.05, 3.63) is 95.1 Å². The molecule has 4 aromatic rings. The van der Waals surface area contributed by atoms with Crippen LogP contribution in [0.25, 0.3) is 16.6 Å². The topological polar surface area (TPSA) is 87.9 Å². The summed E-state index contributed by atoms with van der Waals surface area (Å²) in [6, 6.07) is 17.7. The summed E-state index contributed by atoms with van der Waals surface area (Å²) in [6.07, 6.45) is 5.53. The fourth-order valence-electron chi connectivity index (χ4n) is 4.79. The number of anilines is 1. The molecular formula is C28H29N5O. The second-order valence-corrected chi connectivity index (χ2v) is 8.99. The summed E-state index contributed by atoms with van der Waals surface area (Å²) in [7, 11) is 0. The van der Waals surface area contributed by atoms with Gasteiger partial charge in [-0.1, -0.05) is 42.5 Å². The van der Waals surface area contributed by atoms with Crippen LogP contribution in [0.15, 0.2) is 66.9 Å². The van der Waals surface area contributed by atoms with Crippen molar-refractivity contribution in [1.29, 1.82) is 0 Å². The van der Waals surface area contributed by atoms with Crippen LogP contribution in [-0.4, -0.2) is 38.8 Å². The van der Waals surface area contributed by atoms with Gasteiger partial charge >= 0.3 is 0 Å². The van der Waals surface area contributed by atoms with Gasteiger partial charge in [0, 0.05) is 36.6 Å². The minimum absolute atomic E-state index is 0.0388. The molecular weight excluding hydrogens is 422 g/mol. The predicted molar refractivity (Wildman–Crippen MR) is 136 cm³/mol. The van der Waals surface area contributed by atoms with E-state index in [2.05, 4.69) is 9.97 Å². The number of nitrogens with one attached hydrogen (secondary N) is 1. The lowest BCUT2D eigenvalue weighted by Gasteiger charge is -2.31. The number of nitrogen functional groups attached to an aromatic ring is 1. The van der Waals surface area contributed by atoms with Gasteiger partial charge in [-0.25, -0.2) is 4.98 Å². The van der Waals surface area contributed by atoms with Crippen molar-refractivity contribution in [3.8, 4) is 0 Å². The number of imidazole rings is 1. The van der Waals surface area contributed by atoms with Crippen LogP contribution in [0.2, 0.25) is 0 Å². The number of fused-ring (bicyclic) bond motifs is 1. The number of amides is 1. The fourth-order valence-corrected chi connectivity index (χ4v) is 4.79. The number of nitrogens with two attached hydrogens (primary N) is 1. The van der Waals surface area contributed by atoms with Gasteiger partial charge in [-0.05, 0) is 61.4 Å². The molecule has 5 rings (SSSR count). The molecule has 3 heterocycles. The molecule has 0 aliphatic carbocycles. The first kappa shape index (κ1) is 21.9. The molecule has 172 valence electrons. The number of hydrogen-bond acceptors (Lipinski definition) is 4. The first-order chi connectivity index (χ1) is 16.5. The van der Waals surface area contributed by atoms with E-state index in [-0.39, 0.29) is 5.91 Å². The van der Waals surface area contributed by atoms with Crippen molar-refractivity contribution >= 4 is 28.2 Å². The number of aryl methyl sites for hydroxylation is 2. The molecule has 1 aliphatic heterocycles. The molecule has 1 amide bonds. The maximum atomic E-state index is 13.3. The van der Waals surface area contributed by atoms with Crippen LogP contribution in [-0.2, 0) is 4.79 Å². The van der Waals surface area contributed by atoms with Gasteiger partial charge in [0.05, 0.1) is 16.7 Å². The Balaban J connectivity index is 1.37. The summed E-state index contributed by atoms with van der Waals surface area (Å²) < 4.78 is 0. The van der Waals surface area contributed by atoms with Gasteiger partial charge in [0.2, 0.25) is 5.91 Å². The molecule has 1 aliphatic rings. The highest BCUT2D eigenvalue weighted by molar-refractivity contribution is 5.99. The van der Waals surface area contributed by atoms with Crippen LogP contribution in [0.3, 0.4) is 0 Å². The first-order valence-electron chi connectivity index (χ1n) is 11.7. The van der Waals surface area contributed by atoms with Crippen LogP contribution >= 0.6 is 0 Å². The predicted octanol–water partition coefficient (Wildman–Crippen LogP) is 4.99. The molecule has 34 heavy (non-hydrogen) atoms. The summed E-state index contributed by atoms with van der Waals surface area (Å²) in [6.45, 7) is 5.40. The Morgan fingerprint density at radius 1 is 1.03 bits per heavy atom. The molecule has 6 nitrogen and oxygen atoms in total. The Morgan fingerprint density at radius 2 is 1.71 bits per heavy atom. The number of carbonyl (C=O) groups is 1. The summed E-state index contributed by atoms with van der Waals surface area (Å²) in [5, 5.41) is 0. The average Bonchev–Trinajstić information content (AvgIpc) is 3.26. The van der Waals surface area contributed by atoms with E-state index in [1.54, 1.807) is 6.08 Å². The molecule has 0 spiro atoms. The SMILES string of the molecule is Cc1nc2c(C3CCN(C(=O)C=C(c4ccccc4)c4ccc(N)cc4)CC3)cnc(C)c2[nH]1. The van der Waals surface area contributed by atoms with Gasteiger partial charge in [-0.15, -0.1) is 0 Å². The molecule has 2 aromatic carbocycles. The van der Waals surface area contributed by atoms with Crippen molar-refractivity contribution in [3.63, 3.8) is 0 Å². The van der Waals surface area contributed by atoms with E-state index in [0.717, 1.165) is 52.1 Å². The molecule has 3 N–H and O–H groups in total. The molecule has 6 heteroatoms. The number of piperidine rings is 1. The van der Waals surface area contributed by atoms with Crippen molar-refractivity contribution < 1.29 is 4.79 Å². The lowest BCUT2D eigenvalue weighted by Crippen LogP contribution is -2.37. The first-order valence-corrected chi connectivity index (χ1v) is 11.7. The maximum Gasteiger partial charge on any atom is 0.247 e. The van der Waals surface area contributed by atoms with E-state index in [1.165, 1.54) is 5.56 Å². The van der Waals surface area contributed by atoms with E-state index in [4.69, 9.17) is 10.7 Å². The van der Waals surface area contributed by atoms with Gasteiger partial charge in [0.1, 0.15) is 5.82 Å². The Kier molecular flexibility index (Phi) is 5.88. The Morgan fingerprint density at radius 3 is 2.41 bits per heavy atom. The third-order valence-corrected chi connectivity index (χ3v) is 6.68. The molecule has 1 saturated heterocycles. The smallest absolute Gasteiger partial charge is 0.247 e. The molecule has 0 radical (unpaired) electrons. The van der Waals surface area contributed by atoms with Crippen molar-refractivity contribution in [2.24, 2.45) is 0 Å². The number of benzene rings is 2. The van der Waals surface area contributed by atoms with Crippen LogP contribution in [0.1, 0.15) is 47.0 Å². The molecule has 0 atom stereocenters. The Bertz CT molecular complexity index is 1350. The summed E-state index contributed by atoms with van der Waals surface area (Å²) >= 11 is 0. The van der Waals surface area contributed by atoms with Gasteiger partial charge in [-0.2, -0.15) is 0 Å². The van der Waals surface area contributed by atoms with Crippen LogP contribution in [0.5, 0.6) is 0 Å².